The third kappa shape index (κ3) is 15.7. The lowest BCUT2D eigenvalue weighted by atomic mass is 10.2. The van der Waals surface area contributed by atoms with Crippen molar-refractivity contribution in [1.82, 2.24) is 30.0 Å². The van der Waals surface area contributed by atoms with Crippen LogP contribution in [-0.4, -0.2) is 71.6 Å². The van der Waals surface area contributed by atoms with Crippen molar-refractivity contribution in [3.8, 4) is 5.75 Å². The first-order valence-electron chi connectivity index (χ1n) is 18.0. The highest BCUT2D eigenvalue weighted by Gasteiger charge is 2.21. The maximum Gasteiger partial charge on any atom is 0.380 e. The van der Waals surface area contributed by atoms with Crippen LogP contribution in [0.1, 0.15) is 13.8 Å². The summed E-state index contributed by atoms with van der Waals surface area (Å²) in [5.41, 5.74) is -2.68. The molecular formula is C36H42ClN8O9P3S5. The van der Waals surface area contributed by atoms with Gasteiger partial charge in [-0.25, -0.2) is 0 Å². The van der Waals surface area contributed by atoms with Gasteiger partial charge in [-0.3, -0.25) is 9.59 Å². The van der Waals surface area contributed by atoms with Crippen LogP contribution >= 0.6 is 52.5 Å². The molecule has 0 N–H and O–H groups in total. The van der Waals surface area contributed by atoms with Gasteiger partial charge in [0.1, 0.15) is 28.5 Å². The number of fused-ring (bicyclic) bond motifs is 2. The molecule has 6 aromatic rings. The molecule has 0 saturated heterocycles. The first kappa shape index (κ1) is 51.8. The zero-order chi connectivity index (χ0) is 45.2. The molecule has 0 aliphatic rings. The number of azo groups is 1. The molecule has 0 fully saturated rings. The van der Waals surface area contributed by atoms with Gasteiger partial charge in [-0.2, -0.15) is 19.6 Å². The minimum atomic E-state index is -2.72. The predicted molar refractivity (Wildman–Crippen MR) is 260 cm³/mol. The fourth-order valence-corrected chi connectivity index (χ4v) is 12.4. The molecule has 26 heteroatoms. The summed E-state index contributed by atoms with van der Waals surface area (Å²) in [6.45, 7) is 1.96. The van der Waals surface area contributed by atoms with Crippen molar-refractivity contribution in [2.24, 2.45) is 10.2 Å². The van der Waals surface area contributed by atoms with Crippen molar-refractivity contribution in [1.29, 1.82) is 0 Å². The Morgan fingerprint density at radius 2 is 1.03 bits per heavy atom. The van der Waals surface area contributed by atoms with Crippen LogP contribution in [0.25, 0.3) is 21.8 Å². The molecule has 0 unspecified atom stereocenters. The van der Waals surface area contributed by atoms with E-state index in [0.29, 0.717) is 51.5 Å². The van der Waals surface area contributed by atoms with Gasteiger partial charge in [-0.1, -0.05) is 46.3 Å². The van der Waals surface area contributed by atoms with Gasteiger partial charge in [0.15, 0.2) is 0 Å². The van der Waals surface area contributed by atoms with E-state index >= 15 is 0 Å². The largest absolute Gasteiger partial charge is 0.424 e. The van der Waals surface area contributed by atoms with E-state index in [1.54, 1.807) is 84.9 Å². The van der Waals surface area contributed by atoms with E-state index in [4.69, 9.17) is 78.7 Å². The first-order chi connectivity index (χ1) is 29.7. The van der Waals surface area contributed by atoms with Gasteiger partial charge in [0.25, 0.3) is 11.1 Å². The number of aromatic nitrogens is 6. The van der Waals surface area contributed by atoms with E-state index in [1.165, 1.54) is 60.6 Å². The summed E-state index contributed by atoms with van der Waals surface area (Å²) in [6, 6.07) is 28.3. The second kappa shape index (κ2) is 25.6. The summed E-state index contributed by atoms with van der Waals surface area (Å²) in [5, 5.41) is 25.8. The predicted octanol–water partition coefficient (Wildman–Crippen LogP) is 10.4. The quantitative estimate of drug-likeness (QED) is 0.0584. The van der Waals surface area contributed by atoms with Gasteiger partial charge in [-0.15, -0.1) is 10.2 Å². The Morgan fingerprint density at radius 1 is 0.613 bits per heavy atom. The lowest BCUT2D eigenvalue weighted by Gasteiger charge is -2.19. The van der Waals surface area contributed by atoms with Gasteiger partial charge in [-0.05, 0) is 133 Å². The summed E-state index contributed by atoms with van der Waals surface area (Å²) in [7, 11) is 5.90. The number of rotatable bonds is 18. The van der Waals surface area contributed by atoms with Crippen LogP contribution < -0.4 is 15.6 Å². The molecule has 0 amide bonds. The summed E-state index contributed by atoms with van der Waals surface area (Å²) in [6.07, 6.45) is 0. The third-order valence-electron chi connectivity index (χ3n) is 7.57. The van der Waals surface area contributed by atoms with E-state index < -0.39 is 18.1 Å². The Bertz CT molecular complexity index is 2660. The van der Waals surface area contributed by atoms with Gasteiger partial charge < -0.3 is 31.7 Å². The first-order valence-corrected chi connectivity index (χ1v) is 29.4. The molecule has 6 rings (SSSR count). The highest BCUT2D eigenvalue weighted by Crippen LogP contribution is 2.61. The maximum absolute atomic E-state index is 12.3. The number of hydrogen-bond donors (Lipinski definition) is 0. The van der Waals surface area contributed by atoms with Crippen LogP contribution in [0.5, 0.6) is 5.75 Å². The van der Waals surface area contributed by atoms with Gasteiger partial charge >= 0.3 is 6.72 Å². The number of nitrogens with zero attached hydrogens (tertiary/aromatic N) is 8. The summed E-state index contributed by atoms with van der Waals surface area (Å²) in [4.78, 5) is 24.5. The fourth-order valence-electron chi connectivity index (χ4n) is 4.55. The normalized spacial score (nSPS) is 11.9. The number of halogens is 1. The number of benzene rings is 4. The SMILES string of the molecule is CCOP(=S)(OCC)SCn1nnc2ccccc2c1=O.COP(=S)(OC)Oc1ccc(/N=N/c2ccc(Cl)cc2)cc1.COP(=S)(OC)SCn1nnc2ccccc2c1=O. The molecule has 332 valence electrons. The average molecular weight is 1020 g/mol. The Morgan fingerprint density at radius 3 is 1.45 bits per heavy atom. The van der Waals surface area contributed by atoms with Crippen molar-refractivity contribution in [3.63, 3.8) is 0 Å². The maximum atomic E-state index is 12.3. The molecule has 17 nitrogen and oxygen atoms in total. The molecular weight excluding hydrogens is 977 g/mol. The molecule has 0 aliphatic carbocycles. The monoisotopic (exact) mass is 1020 g/mol. The molecule has 2 aromatic heterocycles. The van der Waals surface area contributed by atoms with Crippen LogP contribution in [0.3, 0.4) is 0 Å². The van der Waals surface area contributed by atoms with Crippen LogP contribution in [0.2, 0.25) is 5.02 Å². The zero-order valence-corrected chi connectivity index (χ0v) is 41.6. The van der Waals surface area contributed by atoms with Crippen LogP contribution in [0, 0.1) is 0 Å². The van der Waals surface area contributed by atoms with E-state index in [1.807, 2.05) is 26.0 Å². The Hall–Kier alpha value is -2.88. The second-order valence-electron chi connectivity index (χ2n) is 11.5. The molecule has 0 bridgehead atoms. The van der Waals surface area contributed by atoms with E-state index in [0.717, 1.165) is 5.69 Å². The van der Waals surface area contributed by atoms with Crippen LogP contribution in [0.4, 0.5) is 11.4 Å². The van der Waals surface area contributed by atoms with Gasteiger partial charge in [0.2, 0.25) is 11.4 Å². The van der Waals surface area contributed by atoms with Crippen molar-refractivity contribution in [3.05, 3.63) is 123 Å². The molecule has 0 saturated carbocycles. The lowest BCUT2D eigenvalue weighted by molar-refractivity contribution is 0.273. The summed E-state index contributed by atoms with van der Waals surface area (Å²) < 4.78 is 39.5. The lowest BCUT2D eigenvalue weighted by Crippen LogP contribution is -2.23. The minimum Gasteiger partial charge on any atom is -0.424 e. The third-order valence-corrected chi connectivity index (χ3v) is 21.2. The van der Waals surface area contributed by atoms with Crippen LogP contribution in [0.15, 0.2) is 117 Å². The van der Waals surface area contributed by atoms with E-state index in [-0.39, 0.29) is 22.9 Å². The molecule has 0 radical (unpaired) electrons. The van der Waals surface area contributed by atoms with Crippen molar-refractivity contribution in [2.75, 3.05) is 41.7 Å². The Balaban J connectivity index is 0.000000205. The number of hydrogen-bond acceptors (Lipinski definition) is 20. The van der Waals surface area contributed by atoms with Gasteiger partial charge in [0.05, 0.1) is 35.4 Å². The topological polar surface area (TPSA) is 185 Å². The van der Waals surface area contributed by atoms with Crippen LogP contribution in [-0.2, 0) is 74.3 Å². The fraction of sp³-hybridized carbons (Fsp3) is 0.278. The van der Waals surface area contributed by atoms with Crippen molar-refractivity contribution in [2.45, 2.75) is 25.6 Å². The standard InChI is InChI=1S/C14H14ClN2O3PS.C12H16N3O3PS2.C10H12N3O3PS2/c1-18-21(22,19-2)20-14-9-7-13(8-10-14)17-16-12-5-3-11(15)4-6-12;1-3-17-19(20,18-4-2)21-9-15-12(16)10-7-5-6-8-11(10)13-14-15;1-15-17(18,16-2)19-7-13-10(14)8-5-3-4-6-9(8)11-12-13/h3-10H,1-2H3;5-8H,3-4,9H2,1-2H3;3-6H,7H2,1-2H3/b17-16+;;. The molecule has 0 spiro atoms. The summed E-state index contributed by atoms with van der Waals surface area (Å²) in [5.74, 6) is 1.06. The zero-order valence-electron chi connectivity index (χ0n) is 34.1. The molecule has 0 atom stereocenters. The van der Waals surface area contributed by atoms with Crippen molar-refractivity contribution < 1.29 is 31.7 Å². The molecule has 0 aliphatic heterocycles. The molecule has 62 heavy (non-hydrogen) atoms. The molecule has 2 heterocycles. The van der Waals surface area contributed by atoms with Gasteiger partial charge in [0, 0.05) is 45.3 Å². The average Bonchev–Trinajstić information content (AvgIpc) is 3.29. The Labute approximate surface area is 386 Å². The Kier molecular flexibility index (Phi) is 21.3. The minimum absolute atomic E-state index is 0.192. The second-order valence-corrected chi connectivity index (χ2v) is 27.9. The van der Waals surface area contributed by atoms with E-state index in [2.05, 4.69) is 30.9 Å². The highest BCUT2D eigenvalue weighted by molar-refractivity contribution is 8.67. The highest BCUT2D eigenvalue weighted by atomic mass is 35.5. The van der Waals surface area contributed by atoms with Crippen molar-refractivity contribution >= 4 is 121 Å². The van der Waals surface area contributed by atoms with E-state index in [9.17, 15) is 9.59 Å². The summed E-state index contributed by atoms with van der Waals surface area (Å²) >= 11 is 24.1. The smallest absolute Gasteiger partial charge is 0.380 e. The molecule has 4 aromatic carbocycles.